The van der Waals surface area contributed by atoms with E-state index in [-0.39, 0.29) is 11.6 Å². The van der Waals surface area contributed by atoms with Crippen molar-refractivity contribution in [3.05, 3.63) is 83.5 Å². The second-order valence-electron chi connectivity index (χ2n) is 8.39. The number of rotatable bonds is 0. The van der Waals surface area contributed by atoms with Gasteiger partial charge in [0.2, 0.25) is 11.6 Å². The molecule has 0 fully saturated rings. The van der Waals surface area contributed by atoms with Gasteiger partial charge in [-0.05, 0) is 71.8 Å². The smallest absolute Gasteiger partial charge is 0.210 e. The molecule has 10 bridgehead atoms. The van der Waals surface area contributed by atoms with Crippen LogP contribution in [-0.4, -0.2) is 31.5 Å². The fourth-order valence-corrected chi connectivity index (χ4v) is 4.92. The maximum Gasteiger partial charge on any atom is 0.210 e. The molecular formula is C26H16N4O2. The summed E-state index contributed by atoms with van der Waals surface area (Å²) in [5.74, 6) is -1.85. The first-order chi connectivity index (χ1) is 15.6. The molecule has 2 N–H and O–H groups in total. The van der Waals surface area contributed by atoms with E-state index in [9.17, 15) is 9.59 Å². The highest BCUT2D eigenvalue weighted by atomic mass is 16.2. The number of allylic oxidation sites excluding steroid dienone is 4. The van der Waals surface area contributed by atoms with Gasteiger partial charge in [0.15, 0.2) is 0 Å². The highest BCUT2D eigenvalue weighted by molar-refractivity contribution is 6.47. The zero-order chi connectivity index (χ0) is 21.4. The highest BCUT2D eigenvalue weighted by Crippen LogP contribution is 2.48. The van der Waals surface area contributed by atoms with Crippen LogP contribution in [0.1, 0.15) is 22.8 Å². The summed E-state index contributed by atoms with van der Waals surface area (Å²) in [6, 6.07) is 15.9. The molecule has 0 radical (unpaired) electrons. The number of carbonyl (C=O) groups is 2. The Bertz CT molecular complexity index is 1630. The molecule has 5 aliphatic rings. The SMILES string of the molecule is O=C1C(=O)[C@@H]2C=C[C@@H]1C1=C2c2cc3ccc(cc4ccc(cc5nc(cc1n2)C=C5)[nH]4)[nH]3. The van der Waals surface area contributed by atoms with Crippen molar-refractivity contribution in [3.63, 3.8) is 0 Å². The summed E-state index contributed by atoms with van der Waals surface area (Å²) in [7, 11) is 0. The van der Waals surface area contributed by atoms with Gasteiger partial charge in [0.05, 0.1) is 34.6 Å². The molecule has 3 aliphatic carbocycles. The molecule has 0 spiro atoms. The van der Waals surface area contributed by atoms with Gasteiger partial charge in [-0.1, -0.05) is 12.2 Å². The average molecular weight is 416 g/mol. The number of nitrogens with one attached hydrogen (secondary N) is 2. The predicted octanol–water partition coefficient (Wildman–Crippen LogP) is 4.35. The third-order valence-electron chi connectivity index (χ3n) is 6.35. The van der Waals surface area contributed by atoms with Crippen LogP contribution in [0.4, 0.5) is 0 Å². The lowest BCUT2D eigenvalue weighted by molar-refractivity contribution is -0.138. The molecule has 3 aromatic rings. The third-order valence-corrected chi connectivity index (χ3v) is 6.35. The van der Waals surface area contributed by atoms with Crippen LogP contribution in [0, 0.1) is 11.8 Å². The maximum absolute atomic E-state index is 12.6. The minimum Gasteiger partial charge on any atom is -0.355 e. The Morgan fingerprint density at radius 3 is 1.72 bits per heavy atom. The van der Waals surface area contributed by atoms with Crippen molar-refractivity contribution < 1.29 is 9.59 Å². The average Bonchev–Trinajstić information content (AvgIpc) is 3.56. The molecule has 5 heterocycles. The summed E-state index contributed by atoms with van der Waals surface area (Å²) < 4.78 is 0. The Balaban J connectivity index is 1.57. The number of Topliss-reactive ketones (excluding diaryl/α,β-unsaturated/α-hetero) is 2. The van der Waals surface area contributed by atoms with Crippen molar-refractivity contribution >= 4 is 56.9 Å². The molecular weight excluding hydrogens is 400 g/mol. The Morgan fingerprint density at radius 2 is 1.09 bits per heavy atom. The van der Waals surface area contributed by atoms with Gasteiger partial charge in [0.1, 0.15) is 0 Å². The van der Waals surface area contributed by atoms with E-state index in [1.165, 1.54) is 0 Å². The van der Waals surface area contributed by atoms with E-state index in [1.807, 2.05) is 72.8 Å². The van der Waals surface area contributed by atoms with E-state index in [4.69, 9.17) is 9.97 Å². The lowest BCUT2D eigenvalue weighted by Crippen LogP contribution is -2.37. The molecule has 2 atom stereocenters. The van der Waals surface area contributed by atoms with Gasteiger partial charge in [-0.3, -0.25) is 9.59 Å². The van der Waals surface area contributed by atoms with Gasteiger partial charge in [0.25, 0.3) is 0 Å². The number of hydrogen-bond donors (Lipinski definition) is 2. The van der Waals surface area contributed by atoms with Gasteiger partial charge < -0.3 is 9.97 Å². The van der Waals surface area contributed by atoms with Crippen molar-refractivity contribution in [2.75, 3.05) is 0 Å². The standard InChI is InChI=1S/C26H16N4O2/c31-25-19-7-8-20(26(25)32)24-22-12-18-6-4-16(29-18)10-14-2-1-13(27-14)9-15-3-5-17(28-15)11-21(30-22)23(19)24/h1-12,19-20,27-28H/t19-,20-/m1/s1. The molecule has 8 rings (SSSR count). The Morgan fingerprint density at radius 1 is 0.594 bits per heavy atom. The van der Waals surface area contributed by atoms with Crippen LogP contribution >= 0.6 is 0 Å². The van der Waals surface area contributed by atoms with E-state index >= 15 is 0 Å². The molecule has 2 aliphatic heterocycles. The monoisotopic (exact) mass is 416 g/mol. The van der Waals surface area contributed by atoms with E-state index in [0.29, 0.717) is 11.4 Å². The number of H-pyrrole nitrogens is 2. The van der Waals surface area contributed by atoms with Crippen LogP contribution in [-0.2, 0) is 9.59 Å². The summed E-state index contributed by atoms with van der Waals surface area (Å²) >= 11 is 0. The quantitative estimate of drug-likeness (QED) is 0.329. The Labute approximate surface area is 182 Å². The largest absolute Gasteiger partial charge is 0.355 e. The number of hydrogen-bond acceptors (Lipinski definition) is 4. The van der Waals surface area contributed by atoms with E-state index < -0.39 is 11.8 Å². The predicted molar refractivity (Wildman–Crippen MR) is 123 cm³/mol. The molecule has 0 saturated carbocycles. The van der Waals surface area contributed by atoms with Gasteiger partial charge in [-0.25, -0.2) is 9.97 Å². The number of nitrogens with zero attached hydrogens (tertiary/aromatic N) is 2. The molecule has 0 unspecified atom stereocenters. The number of ketones is 2. The van der Waals surface area contributed by atoms with Crippen LogP contribution in [0.2, 0.25) is 0 Å². The fourth-order valence-electron chi connectivity index (χ4n) is 4.92. The number of aromatic nitrogens is 4. The minimum absolute atomic E-state index is 0.351. The highest BCUT2D eigenvalue weighted by Gasteiger charge is 2.47. The summed E-state index contributed by atoms with van der Waals surface area (Å²) in [6.07, 6.45) is 7.57. The van der Waals surface area contributed by atoms with Crippen LogP contribution in [0.3, 0.4) is 0 Å². The lowest BCUT2D eigenvalue weighted by Gasteiger charge is -2.30. The van der Waals surface area contributed by atoms with Gasteiger partial charge in [0, 0.05) is 22.1 Å². The molecule has 0 saturated heterocycles. The minimum atomic E-state index is -0.573. The summed E-state index contributed by atoms with van der Waals surface area (Å²) in [5, 5.41) is 0. The number of carbonyl (C=O) groups excluding carboxylic acids is 2. The first-order valence-corrected chi connectivity index (χ1v) is 10.5. The Kier molecular flexibility index (Phi) is 3.31. The summed E-state index contributed by atoms with van der Waals surface area (Å²) in [4.78, 5) is 41.6. The molecule has 152 valence electrons. The van der Waals surface area contributed by atoms with Crippen LogP contribution in [0.5, 0.6) is 0 Å². The van der Waals surface area contributed by atoms with Gasteiger partial charge in [-0.15, -0.1) is 0 Å². The molecule has 3 aromatic heterocycles. The number of aromatic amines is 2. The maximum atomic E-state index is 12.6. The van der Waals surface area contributed by atoms with Crippen molar-refractivity contribution in [1.29, 1.82) is 0 Å². The second-order valence-corrected chi connectivity index (χ2v) is 8.39. The lowest BCUT2D eigenvalue weighted by atomic mass is 9.69. The van der Waals surface area contributed by atoms with Crippen molar-refractivity contribution in [3.8, 4) is 0 Å². The normalized spacial score (nSPS) is 20.9. The molecule has 0 amide bonds. The summed E-state index contributed by atoms with van der Waals surface area (Å²) in [5.41, 5.74) is 8.45. The van der Waals surface area contributed by atoms with Crippen LogP contribution in [0.15, 0.2) is 60.7 Å². The first-order valence-electron chi connectivity index (χ1n) is 10.5. The van der Waals surface area contributed by atoms with E-state index in [0.717, 1.165) is 44.6 Å². The molecule has 6 nitrogen and oxygen atoms in total. The Hall–Kier alpha value is -4.32. The van der Waals surface area contributed by atoms with Crippen molar-refractivity contribution in [2.45, 2.75) is 0 Å². The van der Waals surface area contributed by atoms with Crippen LogP contribution in [0.25, 0.3) is 45.4 Å². The van der Waals surface area contributed by atoms with E-state index in [2.05, 4.69) is 9.97 Å². The van der Waals surface area contributed by atoms with Crippen molar-refractivity contribution in [2.24, 2.45) is 11.8 Å². The second kappa shape index (κ2) is 6.11. The molecule has 6 heteroatoms. The third kappa shape index (κ3) is 2.46. The molecule has 0 aromatic carbocycles. The van der Waals surface area contributed by atoms with Crippen molar-refractivity contribution in [1.82, 2.24) is 19.9 Å². The topological polar surface area (TPSA) is 91.5 Å². The van der Waals surface area contributed by atoms with Gasteiger partial charge in [-0.2, -0.15) is 0 Å². The zero-order valence-electron chi connectivity index (χ0n) is 16.8. The zero-order valence-corrected chi connectivity index (χ0v) is 16.8. The summed E-state index contributed by atoms with van der Waals surface area (Å²) in [6.45, 7) is 0. The van der Waals surface area contributed by atoms with Crippen LogP contribution < -0.4 is 0 Å². The molecule has 32 heavy (non-hydrogen) atoms. The number of fused-ring (bicyclic) bond motifs is 9. The fraction of sp³-hybridized carbons (Fsp3) is 0.0769. The van der Waals surface area contributed by atoms with E-state index in [1.54, 1.807) is 0 Å². The first kappa shape index (κ1) is 17.4. The van der Waals surface area contributed by atoms with Gasteiger partial charge >= 0.3 is 0 Å².